The summed E-state index contributed by atoms with van der Waals surface area (Å²) in [6.07, 6.45) is 4.72. The van der Waals surface area contributed by atoms with Crippen LogP contribution in [0.15, 0.2) is 11.2 Å². The number of carbonyl (C=O) groups excluding carboxylic acids is 1. The lowest BCUT2D eigenvalue weighted by atomic mass is 10.2. The third-order valence-electron chi connectivity index (χ3n) is 3.92. The van der Waals surface area contributed by atoms with Crippen LogP contribution in [-0.4, -0.2) is 36.7 Å². The van der Waals surface area contributed by atoms with E-state index in [9.17, 15) is 4.79 Å². The van der Waals surface area contributed by atoms with Crippen LogP contribution in [0.25, 0.3) is 0 Å². The second-order valence-corrected chi connectivity index (χ2v) is 6.49. The molecule has 1 fully saturated rings. The van der Waals surface area contributed by atoms with E-state index in [0.717, 1.165) is 34.9 Å². The van der Waals surface area contributed by atoms with Gasteiger partial charge in [0.2, 0.25) is 5.16 Å². The lowest BCUT2D eigenvalue weighted by Gasteiger charge is -2.10. The van der Waals surface area contributed by atoms with Crippen LogP contribution in [0.3, 0.4) is 0 Å². The fourth-order valence-electron chi connectivity index (χ4n) is 2.88. The monoisotopic (exact) mass is 305 g/mol. The van der Waals surface area contributed by atoms with Crippen LogP contribution in [-0.2, 0) is 0 Å². The number of hydrogen-bond donors (Lipinski definition) is 1. The van der Waals surface area contributed by atoms with E-state index in [1.165, 1.54) is 24.6 Å². The fourth-order valence-corrected chi connectivity index (χ4v) is 3.71. The number of thioether (sulfide) groups is 1. The maximum absolute atomic E-state index is 12.3. The summed E-state index contributed by atoms with van der Waals surface area (Å²) >= 11 is 1.42. The van der Waals surface area contributed by atoms with Crippen LogP contribution < -0.4 is 0 Å². The van der Waals surface area contributed by atoms with E-state index in [0.29, 0.717) is 11.8 Å². The van der Waals surface area contributed by atoms with Crippen molar-refractivity contribution in [2.24, 2.45) is 0 Å². The third kappa shape index (κ3) is 3.02. The average molecular weight is 305 g/mol. The van der Waals surface area contributed by atoms with Gasteiger partial charge in [0.25, 0.3) is 0 Å². The Morgan fingerprint density at radius 3 is 2.86 bits per heavy atom. The quantitative estimate of drug-likeness (QED) is 0.679. The molecule has 6 nitrogen and oxygen atoms in total. The highest BCUT2D eigenvalue weighted by Crippen LogP contribution is 2.31. The van der Waals surface area contributed by atoms with Gasteiger partial charge < -0.3 is 4.98 Å². The van der Waals surface area contributed by atoms with Gasteiger partial charge in [0.05, 0.1) is 11.8 Å². The van der Waals surface area contributed by atoms with E-state index >= 15 is 0 Å². The summed E-state index contributed by atoms with van der Waals surface area (Å²) < 4.78 is 1.89. The Kier molecular flexibility index (Phi) is 4.10. The molecule has 1 aliphatic carbocycles. The first-order valence-electron chi connectivity index (χ1n) is 7.25. The molecule has 0 bridgehead atoms. The van der Waals surface area contributed by atoms with Crippen molar-refractivity contribution < 1.29 is 4.79 Å². The molecular weight excluding hydrogens is 286 g/mol. The third-order valence-corrected chi connectivity index (χ3v) is 4.85. The first-order valence-corrected chi connectivity index (χ1v) is 8.24. The molecule has 0 saturated heterocycles. The molecule has 2 aromatic heterocycles. The van der Waals surface area contributed by atoms with Crippen LogP contribution in [0.1, 0.15) is 53.5 Å². The molecule has 0 atom stereocenters. The van der Waals surface area contributed by atoms with Crippen LogP contribution in [0.4, 0.5) is 0 Å². The molecule has 2 heterocycles. The average Bonchev–Trinajstić information content (AvgIpc) is 3.15. The van der Waals surface area contributed by atoms with Crippen LogP contribution in [0.5, 0.6) is 0 Å². The Bertz CT molecular complexity index is 642. The zero-order valence-electron chi connectivity index (χ0n) is 12.3. The van der Waals surface area contributed by atoms with Gasteiger partial charge in [-0.1, -0.05) is 24.6 Å². The van der Waals surface area contributed by atoms with Crippen molar-refractivity contribution in [2.45, 2.75) is 50.7 Å². The van der Waals surface area contributed by atoms with Gasteiger partial charge >= 0.3 is 0 Å². The first kappa shape index (κ1) is 14.3. The maximum atomic E-state index is 12.3. The van der Waals surface area contributed by atoms with Crippen LogP contribution in [0.2, 0.25) is 0 Å². The number of nitrogens with one attached hydrogen (secondary N) is 1. The maximum Gasteiger partial charge on any atom is 0.210 e. The Hall–Kier alpha value is -1.63. The van der Waals surface area contributed by atoms with E-state index in [2.05, 4.69) is 20.5 Å². The van der Waals surface area contributed by atoms with Gasteiger partial charge in [-0.25, -0.2) is 4.68 Å². The highest BCUT2D eigenvalue weighted by atomic mass is 32.2. The minimum atomic E-state index is 0.114. The second kappa shape index (κ2) is 6.01. The number of rotatable bonds is 5. The minimum absolute atomic E-state index is 0.114. The Balaban J connectivity index is 1.66. The molecule has 0 aromatic carbocycles. The highest BCUT2D eigenvalue weighted by Gasteiger charge is 2.22. The number of carbonyl (C=O) groups is 1. The lowest BCUT2D eigenvalue weighted by molar-refractivity contribution is 0.102. The number of Topliss-reactive ketones (excluding diaryl/α,β-unsaturated/α-hetero) is 1. The molecule has 0 spiro atoms. The molecule has 0 radical (unpaired) electrons. The number of aromatic amines is 1. The van der Waals surface area contributed by atoms with Crippen LogP contribution in [0, 0.1) is 13.8 Å². The number of ketones is 1. The summed E-state index contributed by atoms with van der Waals surface area (Å²) in [4.78, 5) is 15.5. The molecule has 21 heavy (non-hydrogen) atoms. The molecule has 112 valence electrons. The number of aromatic nitrogens is 5. The normalized spacial score (nSPS) is 15.7. The number of nitrogens with zero attached hydrogens (tertiary/aromatic N) is 4. The van der Waals surface area contributed by atoms with E-state index in [4.69, 9.17) is 0 Å². The van der Waals surface area contributed by atoms with E-state index < -0.39 is 0 Å². The molecule has 1 saturated carbocycles. The van der Waals surface area contributed by atoms with Gasteiger partial charge in [-0.15, -0.1) is 5.10 Å². The minimum Gasteiger partial charge on any atom is -0.362 e. The van der Waals surface area contributed by atoms with Crippen molar-refractivity contribution in [1.29, 1.82) is 0 Å². The summed E-state index contributed by atoms with van der Waals surface area (Å²) in [5, 5.41) is 12.7. The molecule has 1 aliphatic rings. The number of aryl methyl sites for hydroxylation is 2. The molecule has 1 N–H and O–H groups in total. The van der Waals surface area contributed by atoms with Crippen molar-refractivity contribution in [2.75, 3.05) is 5.75 Å². The highest BCUT2D eigenvalue weighted by molar-refractivity contribution is 7.99. The molecule has 7 heteroatoms. The van der Waals surface area contributed by atoms with Gasteiger partial charge in [-0.3, -0.25) is 4.79 Å². The predicted molar refractivity (Wildman–Crippen MR) is 80.6 cm³/mol. The largest absolute Gasteiger partial charge is 0.362 e. The van der Waals surface area contributed by atoms with E-state index in [-0.39, 0.29) is 5.78 Å². The van der Waals surface area contributed by atoms with Gasteiger partial charge in [0.1, 0.15) is 0 Å². The van der Waals surface area contributed by atoms with Gasteiger partial charge in [-0.05, 0) is 43.2 Å². The van der Waals surface area contributed by atoms with Crippen molar-refractivity contribution in [3.05, 3.63) is 23.0 Å². The number of hydrogen-bond acceptors (Lipinski definition) is 5. The van der Waals surface area contributed by atoms with Gasteiger partial charge in [-0.2, -0.15) is 0 Å². The fraction of sp³-hybridized carbons (Fsp3) is 0.571. The zero-order chi connectivity index (χ0) is 14.8. The van der Waals surface area contributed by atoms with Crippen LogP contribution >= 0.6 is 11.8 Å². The van der Waals surface area contributed by atoms with Gasteiger partial charge in [0, 0.05) is 17.0 Å². The molecule has 0 aliphatic heterocycles. The number of H-pyrrole nitrogens is 1. The molecule has 2 aromatic rings. The molecule has 0 unspecified atom stereocenters. The first-order chi connectivity index (χ1) is 10.1. The van der Waals surface area contributed by atoms with Gasteiger partial charge in [0.15, 0.2) is 5.78 Å². The summed E-state index contributed by atoms with van der Waals surface area (Å²) in [6.45, 7) is 3.88. The van der Waals surface area contributed by atoms with Crippen molar-refractivity contribution in [1.82, 2.24) is 25.2 Å². The zero-order valence-corrected chi connectivity index (χ0v) is 13.1. The van der Waals surface area contributed by atoms with Crippen molar-refractivity contribution in [3.63, 3.8) is 0 Å². The Morgan fingerprint density at radius 2 is 2.19 bits per heavy atom. The summed E-state index contributed by atoms with van der Waals surface area (Å²) in [7, 11) is 0. The molecule has 3 rings (SSSR count). The summed E-state index contributed by atoms with van der Waals surface area (Å²) in [6, 6.07) is 2.30. The summed E-state index contributed by atoms with van der Waals surface area (Å²) in [5.74, 6) is 0.480. The summed E-state index contributed by atoms with van der Waals surface area (Å²) in [5.41, 5.74) is 2.70. The molecular formula is C14H19N5OS. The van der Waals surface area contributed by atoms with E-state index in [1.807, 2.05) is 24.6 Å². The predicted octanol–water partition coefficient (Wildman–Crippen LogP) is 2.71. The Morgan fingerprint density at radius 1 is 1.43 bits per heavy atom. The van der Waals surface area contributed by atoms with Crippen molar-refractivity contribution in [3.8, 4) is 0 Å². The Labute approximate surface area is 127 Å². The standard InChI is InChI=1S/C14H19N5OS/c1-9-7-12(10(2)15-9)13(20)8-21-14-16-17-18-19(14)11-5-3-4-6-11/h7,11,15H,3-6,8H2,1-2H3. The smallest absolute Gasteiger partial charge is 0.210 e. The van der Waals surface area contributed by atoms with Crippen molar-refractivity contribution >= 4 is 17.5 Å². The topological polar surface area (TPSA) is 76.5 Å². The lowest BCUT2D eigenvalue weighted by Crippen LogP contribution is -2.10. The number of tetrazole rings is 1. The molecule has 0 amide bonds. The second-order valence-electron chi connectivity index (χ2n) is 5.55. The van der Waals surface area contributed by atoms with E-state index in [1.54, 1.807) is 0 Å². The SMILES string of the molecule is Cc1cc(C(=O)CSc2nnnn2C2CCCC2)c(C)[nH]1.